The number of amides is 1. The minimum atomic E-state index is 0.140. The number of hydrogen-bond acceptors (Lipinski definition) is 1. The van der Waals surface area contributed by atoms with Gasteiger partial charge >= 0.3 is 0 Å². The monoisotopic (exact) mass is 281 g/mol. The molecule has 2 rings (SSSR count). The van der Waals surface area contributed by atoms with E-state index >= 15 is 0 Å². The Morgan fingerprint density at radius 2 is 1.52 bits per heavy atom. The fourth-order valence-corrected chi connectivity index (χ4v) is 2.40. The summed E-state index contributed by atoms with van der Waals surface area (Å²) in [6.07, 6.45) is 3.20. The van der Waals surface area contributed by atoms with Crippen molar-refractivity contribution in [2.45, 2.75) is 38.6 Å². The molecule has 0 aliphatic rings. The Bertz CT molecular complexity index is 536. The number of rotatable bonds is 7. The van der Waals surface area contributed by atoms with Crippen LogP contribution >= 0.6 is 0 Å². The summed E-state index contributed by atoms with van der Waals surface area (Å²) < 4.78 is 0. The molecule has 0 saturated heterocycles. The Balaban J connectivity index is 1.80. The maximum absolute atomic E-state index is 12.1. The SMILES string of the molecule is CC[C@H](Cc1ccccc1)NC(=O)CCc1ccccc1. The van der Waals surface area contributed by atoms with E-state index in [9.17, 15) is 4.79 Å². The number of hydrogen-bond donors (Lipinski definition) is 1. The third kappa shape index (κ3) is 5.42. The zero-order valence-electron chi connectivity index (χ0n) is 12.6. The summed E-state index contributed by atoms with van der Waals surface area (Å²) in [5.41, 5.74) is 2.48. The van der Waals surface area contributed by atoms with Crippen LogP contribution in [0.1, 0.15) is 30.9 Å². The summed E-state index contributed by atoms with van der Waals surface area (Å²) in [6.45, 7) is 2.12. The van der Waals surface area contributed by atoms with E-state index in [1.807, 2.05) is 36.4 Å². The molecule has 1 N–H and O–H groups in total. The van der Waals surface area contributed by atoms with Gasteiger partial charge in [-0.05, 0) is 30.4 Å². The highest BCUT2D eigenvalue weighted by Gasteiger charge is 2.11. The minimum Gasteiger partial charge on any atom is -0.353 e. The second-order valence-electron chi connectivity index (χ2n) is 5.35. The van der Waals surface area contributed by atoms with Crippen molar-refractivity contribution < 1.29 is 4.79 Å². The highest BCUT2D eigenvalue weighted by Crippen LogP contribution is 2.07. The van der Waals surface area contributed by atoms with E-state index in [4.69, 9.17) is 0 Å². The van der Waals surface area contributed by atoms with Crippen molar-refractivity contribution in [3.63, 3.8) is 0 Å². The van der Waals surface area contributed by atoms with Crippen LogP contribution in [-0.2, 0) is 17.6 Å². The lowest BCUT2D eigenvalue weighted by Crippen LogP contribution is -2.36. The largest absolute Gasteiger partial charge is 0.353 e. The molecule has 0 unspecified atom stereocenters. The molecule has 21 heavy (non-hydrogen) atoms. The topological polar surface area (TPSA) is 29.1 Å². The average Bonchev–Trinajstić information content (AvgIpc) is 2.54. The lowest BCUT2D eigenvalue weighted by atomic mass is 10.0. The van der Waals surface area contributed by atoms with E-state index in [1.165, 1.54) is 11.1 Å². The van der Waals surface area contributed by atoms with E-state index in [2.05, 4.69) is 36.5 Å². The normalized spacial score (nSPS) is 11.9. The second kappa shape index (κ2) is 8.25. The third-order valence-electron chi connectivity index (χ3n) is 3.67. The molecule has 0 saturated carbocycles. The van der Waals surface area contributed by atoms with Gasteiger partial charge in [-0.3, -0.25) is 4.79 Å². The average molecular weight is 281 g/mol. The molecule has 110 valence electrons. The molecular formula is C19H23NO. The van der Waals surface area contributed by atoms with Gasteiger partial charge in [0.05, 0.1) is 0 Å². The van der Waals surface area contributed by atoms with E-state index in [-0.39, 0.29) is 11.9 Å². The van der Waals surface area contributed by atoms with Crippen LogP contribution in [0.15, 0.2) is 60.7 Å². The van der Waals surface area contributed by atoms with Crippen molar-refractivity contribution in [1.82, 2.24) is 5.32 Å². The summed E-state index contributed by atoms with van der Waals surface area (Å²) in [7, 11) is 0. The molecule has 1 amide bonds. The number of carbonyl (C=O) groups excluding carboxylic acids is 1. The van der Waals surface area contributed by atoms with E-state index in [1.54, 1.807) is 0 Å². The van der Waals surface area contributed by atoms with Gasteiger partial charge in [-0.25, -0.2) is 0 Å². The van der Waals surface area contributed by atoms with Crippen molar-refractivity contribution in [2.24, 2.45) is 0 Å². The van der Waals surface area contributed by atoms with Crippen molar-refractivity contribution in [2.75, 3.05) is 0 Å². The van der Waals surface area contributed by atoms with Crippen molar-refractivity contribution >= 4 is 5.91 Å². The molecule has 0 aliphatic heterocycles. The number of aryl methyl sites for hydroxylation is 1. The molecule has 0 aliphatic carbocycles. The van der Waals surface area contributed by atoms with Gasteiger partial charge < -0.3 is 5.32 Å². The number of carbonyl (C=O) groups is 1. The first-order chi connectivity index (χ1) is 10.3. The summed E-state index contributed by atoms with van der Waals surface area (Å²) >= 11 is 0. The van der Waals surface area contributed by atoms with Crippen LogP contribution in [0.2, 0.25) is 0 Å². The van der Waals surface area contributed by atoms with Crippen molar-refractivity contribution in [1.29, 1.82) is 0 Å². The third-order valence-corrected chi connectivity index (χ3v) is 3.67. The zero-order valence-corrected chi connectivity index (χ0v) is 12.6. The summed E-state index contributed by atoms with van der Waals surface area (Å²) in [5.74, 6) is 0.140. The fourth-order valence-electron chi connectivity index (χ4n) is 2.40. The Morgan fingerprint density at radius 1 is 0.952 bits per heavy atom. The highest BCUT2D eigenvalue weighted by molar-refractivity contribution is 5.76. The molecule has 1 atom stereocenters. The smallest absolute Gasteiger partial charge is 0.220 e. The molecule has 0 aromatic heterocycles. The summed E-state index contributed by atoms with van der Waals surface area (Å²) in [6, 6.07) is 20.7. The zero-order chi connectivity index (χ0) is 14.9. The molecule has 0 bridgehead atoms. The maximum atomic E-state index is 12.1. The first-order valence-electron chi connectivity index (χ1n) is 7.65. The molecule has 0 radical (unpaired) electrons. The molecule has 2 aromatic rings. The number of nitrogens with one attached hydrogen (secondary N) is 1. The maximum Gasteiger partial charge on any atom is 0.220 e. The number of benzene rings is 2. The Kier molecular flexibility index (Phi) is 6.01. The quantitative estimate of drug-likeness (QED) is 0.822. The lowest BCUT2D eigenvalue weighted by Gasteiger charge is -2.17. The standard InChI is InChI=1S/C19H23NO/c1-2-18(15-17-11-7-4-8-12-17)20-19(21)14-13-16-9-5-3-6-10-16/h3-12,18H,2,13-15H2,1H3,(H,20,21)/t18-/m1/s1. The van der Waals surface area contributed by atoms with Gasteiger partial charge in [-0.1, -0.05) is 67.6 Å². The van der Waals surface area contributed by atoms with Crippen LogP contribution in [0.4, 0.5) is 0 Å². The molecular weight excluding hydrogens is 258 g/mol. The van der Waals surface area contributed by atoms with Gasteiger partial charge in [0.1, 0.15) is 0 Å². The Morgan fingerprint density at radius 3 is 2.10 bits per heavy atom. The van der Waals surface area contributed by atoms with Gasteiger partial charge in [0, 0.05) is 12.5 Å². The van der Waals surface area contributed by atoms with E-state index in [0.29, 0.717) is 6.42 Å². The van der Waals surface area contributed by atoms with Crippen LogP contribution in [0.25, 0.3) is 0 Å². The van der Waals surface area contributed by atoms with Gasteiger partial charge in [0.2, 0.25) is 5.91 Å². The fraction of sp³-hybridized carbons (Fsp3) is 0.316. The van der Waals surface area contributed by atoms with Crippen LogP contribution < -0.4 is 5.32 Å². The Labute approximate surface area is 127 Å². The minimum absolute atomic E-state index is 0.140. The second-order valence-corrected chi connectivity index (χ2v) is 5.35. The van der Waals surface area contributed by atoms with Crippen LogP contribution in [-0.4, -0.2) is 11.9 Å². The molecule has 2 heteroatoms. The molecule has 0 fully saturated rings. The van der Waals surface area contributed by atoms with E-state index in [0.717, 1.165) is 19.3 Å². The van der Waals surface area contributed by atoms with Crippen LogP contribution in [0.5, 0.6) is 0 Å². The van der Waals surface area contributed by atoms with Gasteiger partial charge in [0.25, 0.3) is 0 Å². The molecule has 2 aromatic carbocycles. The first-order valence-corrected chi connectivity index (χ1v) is 7.65. The lowest BCUT2D eigenvalue weighted by molar-refractivity contribution is -0.121. The summed E-state index contributed by atoms with van der Waals surface area (Å²) in [4.78, 5) is 12.1. The van der Waals surface area contributed by atoms with Gasteiger partial charge in [-0.15, -0.1) is 0 Å². The molecule has 0 heterocycles. The highest BCUT2D eigenvalue weighted by atomic mass is 16.1. The van der Waals surface area contributed by atoms with Crippen LogP contribution in [0.3, 0.4) is 0 Å². The van der Waals surface area contributed by atoms with Gasteiger partial charge in [-0.2, -0.15) is 0 Å². The predicted octanol–water partition coefficient (Wildman–Crippen LogP) is 3.76. The predicted molar refractivity (Wildman–Crippen MR) is 87.1 cm³/mol. The molecule has 0 spiro atoms. The van der Waals surface area contributed by atoms with Crippen molar-refractivity contribution in [3.05, 3.63) is 71.8 Å². The van der Waals surface area contributed by atoms with Crippen molar-refractivity contribution in [3.8, 4) is 0 Å². The summed E-state index contributed by atoms with van der Waals surface area (Å²) in [5, 5.41) is 3.15. The van der Waals surface area contributed by atoms with Crippen LogP contribution in [0, 0.1) is 0 Å². The molecule has 2 nitrogen and oxygen atoms in total. The first kappa shape index (κ1) is 15.3. The Hall–Kier alpha value is -2.09. The van der Waals surface area contributed by atoms with Gasteiger partial charge in [0.15, 0.2) is 0 Å². The van der Waals surface area contributed by atoms with E-state index < -0.39 is 0 Å².